The molecule has 0 amide bonds. The van der Waals surface area contributed by atoms with Crippen LogP contribution in [-0.2, 0) is 0 Å². The molecule has 3 rings (SSSR count). The van der Waals surface area contributed by atoms with Gasteiger partial charge in [-0.25, -0.2) is 4.39 Å². The van der Waals surface area contributed by atoms with E-state index in [0.717, 1.165) is 31.2 Å². The lowest BCUT2D eigenvalue weighted by molar-refractivity contribution is 0.309. The summed E-state index contributed by atoms with van der Waals surface area (Å²) < 4.78 is 12.9. The molecule has 18 heavy (non-hydrogen) atoms. The lowest BCUT2D eigenvalue weighted by Crippen LogP contribution is -2.48. The topological polar surface area (TPSA) is 41.3 Å². The van der Waals surface area contributed by atoms with Gasteiger partial charge in [0.2, 0.25) is 0 Å². The van der Waals surface area contributed by atoms with Crippen LogP contribution < -0.4 is 11.1 Å². The molecule has 1 aliphatic carbocycles. The average Bonchev–Trinajstić information content (AvgIpc) is 3.15. The first kappa shape index (κ1) is 11.9. The van der Waals surface area contributed by atoms with Gasteiger partial charge in [0, 0.05) is 31.4 Å². The number of nitrogens with one attached hydrogen (secondary N) is 1. The number of halogens is 1. The highest BCUT2D eigenvalue weighted by molar-refractivity contribution is 5.46. The van der Waals surface area contributed by atoms with Crippen molar-refractivity contribution in [2.24, 2.45) is 5.73 Å². The van der Waals surface area contributed by atoms with Crippen molar-refractivity contribution >= 4 is 5.69 Å². The van der Waals surface area contributed by atoms with Gasteiger partial charge in [0.05, 0.1) is 5.54 Å². The van der Waals surface area contributed by atoms with E-state index in [1.54, 1.807) is 12.1 Å². The normalized spacial score (nSPS) is 28.6. The molecular formula is C14H20FN3. The Morgan fingerprint density at radius 3 is 2.67 bits per heavy atom. The number of benzene rings is 1. The molecule has 1 saturated heterocycles. The van der Waals surface area contributed by atoms with Crippen molar-refractivity contribution in [3.63, 3.8) is 0 Å². The van der Waals surface area contributed by atoms with Gasteiger partial charge in [0.25, 0.3) is 0 Å². The number of anilines is 1. The lowest BCUT2D eigenvalue weighted by atomic mass is 9.98. The Labute approximate surface area is 107 Å². The molecule has 0 spiro atoms. The summed E-state index contributed by atoms with van der Waals surface area (Å²) in [6.07, 6.45) is 3.73. The van der Waals surface area contributed by atoms with E-state index < -0.39 is 0 Å². The molecular weight excluding hydrogens is 229 g/mol. The van der Waals surface area contributed by atoms with Crippen molar-refractivity contribution in [1.29, 1.82) is 0 Å². The summed E-state index contributed by atoms with van der Waals surface area (Å²) in [7, 11) is 0. The zero-order chi connectivity index (χ0) is 12.6. The maximum atomic E-state index is 12.9. The number of hydrogen-bond donors (Lipinski definition) is 2. The van der Waals surface area contributed by atoms with Crippen LogP contribution in [0.5, 0.6) is 0 Å². The van der Waals surface area contributed by atoms with E-state index in [4.69, 9.17) is 5.73 Å². The van der Waals surface area contributed by atoms with Gasteiger partial charge in [0.1, 0.15) is 5.82 Å². The van der Waals surface area contributed by atoms with Gasteiger partial charge in [0.15, 0.2) is 0 Å². The molecule has 0 bridgehead atoms. The van der Waals surface area contributed by atoms with Crippen LogP contribution in [0.1, 0.15) is 19.3 Å². The number of likely N-dealkylation sites (tertiary alicyclic amines) is 1. The molecule has 1 atom stereocenters. The highest BCUT2D eigenvalue weighted by Gasteiger charge is 2.42. The van der Waals surface area contributed by atoms with Crippen LogP contribution in [0.25, 0.3) is 0 Å². The Morgan fingerprint density at radius 1 is 1.33 bits per heavy atom. The minimum atomic E-state index is -0.201. The second kappa shape index (κ2) is 4.52. The zero-order valence-electron chi connectivity index (χ0n) is 10.5. The number of hydrogen-bond acceptors (Lipinski definition) is 3. The Balaban J connectivity index is 1.70. The van der Waals surface area contributed by atoms with Crippen molar-refractivity contribution in [2.75, 3.05) is 25.0 Å². The van der Waals surface area contributed by atoms with E-state index in [-0.39, 0.29) is 11.4 Å². The summed E-state index contributed by atoms with van der Waals surface area (Å²) in [5, 5.41) is 3.51. The molecule has 3 N–H and O–H groups in total. The highest BCUT2D eigenvalue weighted by Crippen LogP contribution is 2.34. The van der Waals surface area contributed by atoms with Crippen molar-refractivity contribution in [3.05, 3.63) is 30.1 Å². The Kier molecular flexibility index (Phi) is 2.99. The number of nitrogens with two attached hydrogens (primary N) is 1. The minimum absolute atomic E-state index is 0.0413. The summed E-state index contributed by atoms with van der Waals surface area (Å²) in [5.74, 6) is -0.201. The molecule has 1 aliphatic heterocycles. The monoisotopic (exact) mass is 249 g/mol. The van der Waals surface area contributed by atoms with Crippen LogP contribution in [0.2, 0.25) is 0 Å². The van der Waals surface area contributed by atoms with Crippen LogP contribution in [0.4, 0.5) is 10.1 Å². The Morgan fingerprint density at radius 2 is 2.06 bits per heavy atom. The van der Waals surface area contributed by atoms with Gasteiger partial charge >= 0.3 is 0 Å². The molecule has 1 saturated carbocycles. The third-order valence-corrected chi connectivity index (χ3v) is 4.09. The average molecular weight is 249 g/mol. The molecule has 4 heteroatoms. The standard InChI is InChI=1S/C14H20FN3/c15-11-1-3-12(4-2-11)17-14(9-16)7-8-18(10-14)13-5-6-13/h1-4,13,17H,5-10,16H2. The van der Waals surface area contributed by atoms with Gasteiger partial charge in [-0.2, -0.15) is 0 Å². The van der Waals surface area contributed by atoms with E-state index in [9.17, 15) is 4.39 Å². The van der Waals surface area contributed by atoms with Gasteiger partial charge in [-0.05, 0) is 43.5 Å². The fourth-order valence-electron chi connectivity index (χ4n) is 2.81. The largest absolute Gasteiger partial charge is 0.377 e. The fourth-order valence-corrected chi connectivity index (χ4v) is 2.81. The second-order valence-electron chi connectivity index (χ2n) is 5.57. The van der Waals surface area contributed by atoms with Crippen LogP contribution in [-0.4, -0.2) is 36.1 Å². The highest BCUT2D eigenvalue weighted by atomic mass is 19.1. The zero-order valence-corrected chi connectivity index (χ0v) is 10.5. The minimum Gasteiger partial charge on any atom is -0.377 e. The Bertz CT molecular complexity index is 416. The van der Waals surface area contributed by atoms with Crippen molar-refractivity contribution in [1.82, 2.24) is 4.90 Å². The van der Waals surface area contributed by atoms with Gasteiger partial charge in [-0.15, -0.1) is 0 Å². The molecule has 98 valence electrons. The first-order valence-corrected chi connectivity index (χ1v) is 6.69. The van der Waals surface area contributed by atoms with Crippen LogP contribution in [0.3, 0.4) is 0 Å². The molecule has 1 heterocycles. The predicted octanol–water partition coefficient (Wildman–Crippen LogP) is 1.80. The number of rotatable bonds is 4. The van der Waals surface area contributed by atoms with Gasteiger partial charge in [-0.3, -0.25) is 4.90 Å². The molecule has 1 aromatic rings. The molecule has 0 aromatic heterocycles. The van der Waals surface area contributed by atoms with E-state index in [1.165, 1.54) is 25.0 Å². The first-order chi connectivity index (χ1) is 8.71. The third kappa shape index (κ3) is 2.35. The maximum Gasteiger partial charge on any atom is 0.123 e. The summed E-state index contributed by atoms with van der Waals surface area (Å²) in [6, 6.07) is 7.33. The Hall–Kier alpha value is -1.13. The fraction of sp³-hybridized carbons (Fsp3) is 0.571. The summed E-state index contributed by atoms with van der Waals surface area (Å²) >= 11 is 0. The summed E-state index contributed by atoms with van der Waals surface area (Å²) in [6.45, 7) is 2.75. The van der Waals surface area contributed by atoms with Crippen LogP contribution >= 0.6 is 0 Å². The first-order valence-electron chi connectivity index (χ1n) is 6.69. The second-order valence-corrected chi connectivity index (χ2v) is 5.57. The van der Waals surface area contributed by atoms with Crippen molar-refractivity contribution in [3.8, 4) is 0 Å². The van der Waals surface area contributed by atoms with Crippen molar-refractivity contribution in [2.45, 2.75) is 30.8 Å². The molecule has 1 aromatic carbocycles. The lowest BCUT2D eigenvalue weighted by Gasteiger charge is -2.30. The van der Waals surface area contributed by atoms with E-state index in [0.29, 0.717) is 6.54 Å². The molecule has 0 radical (unpaired) electrons. The molecule has 2 fully saturated rings. The maximum absolute atomic E-state index is 12.9. The van der Waals surface area contributed by atoms with Crippen LogP contribution in [0, 0.1) is 5.82 Å². The van der Waals surface area contributed by atoms with E-state index >= 15 is 0 Å². The van der Waals surface area contributed by atoms with Gasteiger partial charge in [-0.1, -0.05) is 0 Å². The quantitative estimate of drug-likeness (QED) is 0.855. The SMILES string of the molecule is NCC1(Nc2ccc(F)cc2)CCN(C2CC2)C1. The molecule has 1 unspecified atom stereocenters. The molecule has 2 aliphatic rings. The smallest absolute Gasteiger partial charge is 0.123 e. The predicted molar refractivity (Wildman–Crippen MR) is 71.0 cm³/mol. The third-order valence-electron chi connectivity index (χ3n) is 4.09. The molecule has 3 nitrogen and oxygen atoms in total. The summed E-state index contributed by atoms with van der Waals surface area (Å²) in [4.78, 5) is 2.53. The van der Waals surface area contributed by atoms with Crippen LogP contribution in [0.15, 0.2) is 24.3 Å². The summed E-state index contributed by atoms with van der Waals surface area (Å²) in [5.41, 5.74) is 6.88. The van der Waals surface area contributed by atoms with E-state index in [1.807, 2.05) is 0 Å². The van der Waals surface area contributed by atoms with Crippen molar-refractivity contribution < 1.29 is 4.39 Å². The van der Waals surface area contributed by atoms with E-state index in [2.05, 4.69) is 10.2 Å². The number of nitrogens with zero attached hydrogens (tertiary/aromatic N) is 1. The van der Waals surface area contributed by atoms with Gasteiger partial charge < -0.3 is 11.1 Å².